The van der Waals surface area contributed by atoms with E-state index in [0.717, 1.165) is 30.8 Å². The molecule has 0 bridgehead atoms. The van der Waals surface area contributed by atoms with Crippen LogP contribution in [0.15, 0.2) is 36.4 Å². The van der Waals surface area contributed by atoms with Crippen LogP contribution in [-0.4, -0.2) is 39.2 Å². The van der Waals surface area contributed by atoms with E-state index in [-0.39, 0.29) is 17.0 Å². The summed E-state index contributed by atoms with van der Waals surface area (Å²) in [6, 6.07) is 13.4. The molecule has 6 heteroatoms. The third-order valence-electron chi connectivity index (χ3n) is 5.68. The van der Waals surface area contributed by atoms with Crippen molar-refractivity contribution in [1.29, 1.82) is 5.26 Å². The van der Waals surface area contributed by atoms with Gasteiger partial charge in [-0.15, -0.1) is 0 Å². The Morgan fingerprint density at radius 3 is 2.13 bits per heavy atom. The number of aromatic nitrogens is 2. The smallest absolute Gasteiger partial charge is 0.140 e. The van der Waals surface area contributed by atoms with Gasteiger partial charge in [0.25, 0.3) is 0 Å². The SMILES string of the molecule is Cc1cccc([C@H](O)CNC(C)(C)CCC(C)(C)NC[C@@H](C)c2cccc(C#N)n2)n1. The van der Waals surface area contributed by atoms with Crippen LogP contribution in [0.1, 0.15) is 82.3 Å². The van der Waals surface area contributed by atoms with Gasteiger partial charge in [0.05, 0.1) is 5.69 Å². The van der Waals surface area contributed by atoms with E-state index in [1.54, 1.807) is 6.07 Å². The molecule has 0 unspecified atom stereocenters. The maximum atomic E-state index is 10.5. The topological polar surface area (TPSA) is 93.9 Å². The Labute approximate surface area is 187 Å². The standard InChI is InChI=1S/C25H37N5O/c1-18(21-11-8-10-20(15-26)30-21)16-27-24(3,4)13-14-25(5,6)28-17-23(31)22-12-7-9-19(2)29-22/h7-12,18,23,27-28,31H,13-14,16-17H2,1-6H3/t18-,23-/m1/s1. The highest BCUT2D eigenvalue weighted by Gasteiger charge is 2.25. The van der Waals surface area contributed by atoms with Crippen molar-refractivity contribution < 1.29 is 5.11 Å². The summed E-state index contributed by atoms with van der Waals surface area (Å²) in [4.78, 5) is 8.82. The molecule has 168 valence electrons. The van der Waals surface area contributed by atoms with E-state index in [4.69, 9.17) is 5.26 Å². The summed E-state index contributed by atoms with van der Waals surface area (Å²) in [5, 5.41) is 26.7. The Kier molecular flexibility index (Phi) is 8.69. The van der Waals surface area contributed by atoms with Crippen LogP contribution in [0.4, 0.5) is 0 Å². The van der Waals surface area contributed by atoms with Crippen LogP contribution in [0.5, 0.6) is 0 Å². The number of hydrogen-bond donors (Lipinski definition) is 3. The zero-order valence-corrected chi connectivity index (χ0v) is 19.7. The van der Waals surface area contributed by atoms with Crippen LogP contribution in [0.3, 0.4) is 0 Å². The molecule has 2 heterocycles. The van der Waals surface area contributed by atoms with Gasteiger partial charge in [-0.05, 0) is 71.7 Å². The summed E-state index contributed by atoms with van der Waals surface area (Å²) in [7, 11) is 0. The van der Waals surface area contributed by atoms with Gasteiger partial charge in [0, 0.05) is 41.5 Å². The minimum absolute atomic E-state index is 0.0449. The maximum Gasteiger partial charge on any atom is 0.140 e. The molecule has 0 spiro atoms. The van der Waals surface area contributed by atoms with Crippen molar-refractivity contribution in [3.05, 3.63) is 59.2 Å². The van der Waals surface area contributed by atoms with Crippen molar-refractivity contribution in [3.63, 3.8) is 0 Å². The molecule has 0 saturated heterocycles. The molecule has 0 aliphatic carbocycles. The van der Waals surface area contributed by atoms with E-state index in [9.17, 15) is 5.11 Å². The van der Waals surface area contributed by atoms with Gasteiger partial charge >= 0.3 is 0 Å². The third-order valence-corrected chi connectivity index (χ3v) is 5.68. The molecule has 2 rings (SSSR count). The molecule has 0 fully saturated rings. The molecule has 3 N–H and O–H groups in total. The van der Waals surface area contributed by atoms with Crippen molar-refractivity contribution in [1.82, 2.24) is 20.6 Å². The van der Waals surface area contributed by atoms with Crippen LogP contribution in [0, 0.1) is 18.3 Å². The van der Waals surface area contributed by atoms with Gasteiger partial charge in [-0.2, -0.15) is 5.26 Å². The van der Waals surface area contributed by atoms with Crippen LogP contribution in [0.25, 0.3) is 0 Å². The molecule has 0 radical (unpaired) electrons. The first-order valence-corrected chi connectivity index (χ1v) is 11.0. The van der Waals surface area contributed by atoms with Crippen molar-refractivity contribution in [3.8, 4) is 6.07 Å². The lowest BCUT2D eigenvalue weighted by molar-refractivity contribution is 0.152. The first kappa shape index (κ1) is 24.9. The second kappa shape index (κ2) is 10.8. The average Bonchev–Trinajstić information content (AvgIpc) is 2.75. The highest BCUT2D eigenvalue weighted by molar-refractivity contribution is 5.23. The van der Waals surface area contributed by atoms with Crippen LogP contribution < -0.4 is 10.6 Å². The van der Waals surface area contributed by atoms with Gasteiger partial charge < -0.3 is 15.7 Å². The number of nitriles is 1. The lowest BCUT2D eigenvalue weighted by Gasteiger charge is -2.34. The van der Waals surface area contributed by atoms with Crippen molar-refractivity contribution in [2.45, 2.75) is 77.5 Å². The first-order chi connectivity index (χ1) is 14.5. The molecule has 6 nitrogen and oxygen atoms in total. The van der Waals surface area contributed by atoms with Gasteiger partial charge in [-0.25, -0.2) is 4.98 Å². The molecule has 0 amide bonds. The minimum atomic E-state index is -0.622. The Morgan fingerprint density at radius 2 is 1.52 bits per heavy atom. The van der Waals surface area contributed by atoms with Crippen LogP contribution in [0.2, 0.25) is 0 Å². The quantitative estimate of drug-likeness (QED) is 0.506. The van der Waals surface area contributed by atoms with E-state index < -0.39 is 6.10 Å². The van der Waals surface area contributed by atoms with Crippen molar-refractivity contribution in [2.75, 3.05) is 13.1 Å². The molecular formula is C25H37N5O. The summed E-state index contributed by atoms with van der Waals surface area (Å²) >= 11 is 0. The fourth-order valence-electron chi connectivity index (χ4n) is 3.35. The highest BCUT2D eigenvalue weighted by Crippen LogP contribution is 2.22. The summed E-state index contributed by atoms with van der Waals surface area (Å²) in [6.07, 6.45) is 1.31. The number of nitrogens with one attached hydrogen (secondary N) is 2. The number of β-amino-alcohol motifs (C(OH)–C–C–N with tert-alkyl or cyclic N) is 1. The molecule has 2 atom stereocenters. The van der Waals surface area contributed by atoms with Crippen molar-refractivity contribution in [2.24, 2.45) is 0 Å². The molecule has 0 aromatic carbocycles. The summed E-state index contributed by atoms with van der Waals surface area (Å²) in [5.74, 6) is 0.218. The Bertz CT molecular complexity index is 887. The largest absolute Gasteiger partial charge is 0.385 e. The zero-order valence-electron chi connectivity index (χ0n) is 19.7. The number of aliphatic hydroxyl groups excluding tert-OH is 1. The monoisotopic (exact) mass is 423 g/mol. The van der Waals surface area contributed by atoms with E-state index >= 15 is 0 Å². The summed E-state index contributed by atoms with van der Waals surface area (Å²) in [5.41, 5.74) is 2.85. The first-order valence-electron chi connectivity index (χ1n) is 11.0. The minimum Gasteiger partial charge on any atom is -0.385 e. The second-order valence-electron chi connectivity index (χ2n) is 9.71. The van der Waals surface area contributed by atoms with E-state index in [1.807, 2.05) is 37.3 Å². The van der Waals surface area contributed by atoms with Gasteiger partial charge in [-0.1, -0.05) is 19.1 Å². The molecule has 0 saturated carbocycles. The van der Waals surface area contributed by atoms with E-state index in [2.05, 4.69) is 61.3 Å². The summed E-state index contributed by atoms with van der Waals surface area (Å²) < 4.78 is 0. The number of rotatable bonds is 11. The molecule has 31 heavy (non-hydrogen) atoms. The number of aryl methyl sites for hydroxylation is 1. The predicted molar refractivity (Wildman–Crippen MR) is 125 cm³/mol. The zero-order chi connectivity index (χ0) is 23.1. The fourth-order valence-corrected chi connectivity index (χ4v) is 3.35. The van der Waals surface area contributed by atoms with Gasteiger partial charge in [0.2, 0.25) is 0 Å². The molecular weight excluding hydrogens is 386 g/mol. The molecule has 0 aliphatic rings. The van der Waals surface area contributed by atoms with Crippen LogP contribution >= 0.6 is 0 Å². The third kappa shape index (κ3) is 8.37. The maximum absolute atomic E-state index is 10.5. The van der Waals surface area contributed by atoms with Gasteiger partial charge in [-0.3, -0.25) is 4.98 Å². The number of hydrogen-bond acceptors (Lipinski definition) is 6. The Morgan fingerprint density at radius 1 is 0.935 bits per heavy atom. The molecule has 0 aliphatic heterocycles. The van der Waals surface area contributed by atoms with Gasteiger partial charge in [0.15, 0.2) is 0 Å². The van der Waals surface area contributed by atoms with E-state index in [0.29, 0.717) is 17.9 Å². The molecule has 2 aromatic rings. The molecule has 2 aromatic heterocycles. The normalized spacial score (nSPS) is 14.1. The van der Waals surface area contributed by atoms with Crippen LogP contribution in [-0.2, 0) is 0 Å². The number of nitrogens with zero attached hydrogens (tertiary/aromatic N) is 3. The van der Waals surface area contributed by atoms with Crippen molar-refractivity contribution >= 4 is 0 Å². The number of aliphatic hydroxyl groups is 1. The second-order valence-corrected chi connectivity index (χ2v) is 9.71. The van der Waals surface area contributed by atoms with E-state index in [1.165, 1.54) is 0 Å². The Hall–Kier alpha value is -2.33. The lowest BCUT2D eigenvalue weighted by Crippen LogP contribution is -2.46. The fraction of sp³-hybridized carbons (Fsp3) is 0.560. The average molecular weight is 424 g/mol. The summed E-state index contributed by atoms with van der Waals surface area (Å²) in [6.45, 7) is 14.1. The lowest BCUT2D eigenvalue weighted by atomic mass is 9.88. The number of pyridine rings is 2. The highest BCUT2D eigenvalue weighted by atomic mass is 16.3. The predicted octanol–water partition coefficient (Wildman–Crippen LogP) is 4.01. The van der Waals surface area contributed by atoms with Gasteiger partial charge in [0.1, 0.15) is 17.9 Å². The Balaban J connectivity index is 1.81.